The molecule has 0 aliphatic rings. The first kappa shape index (κ1) is 24.8. The van der Waals surface area contributed by atoms with E-state index in [0.717, 1.165) is 0 Å². The molecular formula is I3O9Sc. The van der Waals surface area contributed by atoms with Crippen LogP contribution in [0.2, 0.25) is 0 Å². The van der Waals surface area contributed by atoms with E-state index < -0.39 is 63.2 Å². The summed E-state index contributed by atoms with van der Waals surface area (Å²) in [6, 6.07) is 0. The molecule has 0 saturated heterocycles. The zero-order valence-electron chi connectivity index (χ0n) is 5.39. The largest absolute Gasteiger partial charge is 3.00 e. The third-order valence-electron chi connectivity index (χ3n) is 0. The van der Waals surface area contributed by atoms with Crippen molar-refractivity contribution in [1.82, 2.24) is 0 Å². The number of hydrogen-bond acceptors (Lipinski definition) is 9. The first-order valence-electron chi connectivity index (χ1n) is 1.39. The van der Waals surface area contributed by atoms with Crippen LogP contribution in [-0.2, 0) is 25.8 Å². The molecule has 0 aliphatic heterocycles. The molecule has 0 aromatic heterocycles. The summed E-state index contributed by atoms with van der Waals surface area (Å²) in [6.45, 7) is 0. The Bertz CT molecular complexity index is 43.4. The van der Waals surface area contributed by atoms with Crippen LogP contribution in [0.3, 0.4) is 0 Å². The molecule has 0 rings (SSSR count). The Morgan fingerprint density at radius 2 is 0.385 bits per heavy atom. The number of rotatable bonds is 0. The fraction of sp³-hybridized carbons (Fsp3) is 0. The molecule has 0 radical (unpaired) electrons. The summed E-state index contributed by atoms with van der Waals surface area (Å²) in [4.78, 5) is 0. The van der Waals surface area contributed by atoms with E-state index in [1.165, 1.54) is 0 Å². The van der Waals surface area contributed by atoms with Crippen LogP contribution in [0, 0.1) is 0 Å². The molecule has 78 valence electrons. The van der Waals surface area contributed by atoms with Crippen molar-refractivity contribution in [2.24, 2.45) is 0 Å². The van der Waals surface area contributed by atoms with E-state index in [0.29, 0.717) is 0 Å². The standard InChI is InChI=1S/3IO3.Sc/c3*2-1(3)4;/q3*-1;+3. The molecule has 0 spiro atoms. The average Bonchev–Trinajstić information content (AvgIpc) is 1.54. The van der Waals surface area contributed by atoms with Crippen molar-refractivity contribution in [2.75, 3.05) is 0 Å². The summed E-state index contributed by atoms with van der Waals surface area (Å²) in [5, 5.41) is 0. The molecule has 0 aliphatic carbocycles. The average molecular weight is 570 g/mol. The quantitative estimate of drug-likeness (QED) is 0.253. The fourth-order valence-corrected chi connectivity index (χ4v) is 0. The van der Waals surface area contributed by atoms with E-state index in [4.69, 9.17) is 30.9 Å². The van der Waals surface area contributed by atoms with Crippen LogP contribution in [0.15, 0.2) is 0 Å². The van der Waals surface area contributed by atoms with Crippen LogP contribution in [0.5, 0.6) is 0 Å². The Kier molecular flexibility index (Phi) is 38.4. The Morgan fingerprint density at radius 1 is 0.385 bits per heavy atom. The number of halogens is 3. The van der Waals surface area contributed by atoms with Crippen molar-refractivity contribution in [3.8, 4) is 0 Å². The Balaban J connectivity index is -0.0000000450. The number of hydrogen-bond donors (Lipinski definition) is 0. The zero-order chi connectivity index (χ0) is 10.7. The molecule has 0 saturated carbocycles. The maximum Gasteiger partial charge on any atom is 3.00 e. The molecule has 0 N–H and O–H groups in total. The van der Waals surface area contributed by atoms with Gasteiger partial charge in [0, 0.05) is 0 Å². The molecule has 0 heterocycles. The molecule has 0 unspecified atom stereocenters. The van der Waals surface area contributed by atoms with Crippen molar-refractivity contribution in [3.63, 3.8) is 0 Å². The van der Waals surface area contributed by atoms with E-state index in [1.54, 1.807) is 0 Å². The Morgan fingerprint density at radius 3 is 0.385 bits per heavy atom. The van der Waals surface area contributed by atoms with Gasteiger partial charge in [-0.2, -0.15) is 0 Å². The minimum Gasteiger partial charge on any atom is -0.427 e. The van der Waals surface area contributed by atoms with Crippen LogP contribution in [-0.4, -0.2) is 0 Å². The van der Waals surface area contributed by atoms with E-state index in [9.17, 15) is 0 Å². The van der Waals surface area contributed by atoms with Crippen molar-refractivity contribution in [2.45, 2.75) is 0 Å². The van der Waals surface area contributed by atoms with E-state index in [-0.39, 0.29) is 25.8 Å². The summed E-state index contributed by atoms with van der Waals surface area (Å²) in [5.74, 6) is 0. The van der Waals surface area contributed by atoms with Gasteiger partial charge < -0.3 is 30.9 Å². The van der Waals surface area contributed by atoms with E-state index in [1.807, 2.05) is 0 Å². The van der Waals surface area contributed by atoms with Gasteiger partial charge in [0.2, 0.25) is 0 Å². The molecule has 0 aromatic rings. The summed E-state index contributed by atoms with van der Waals surface area (Å²) in [7, 11) is 0. The van der Waals surface area contributed by atoms with Gasteiger partial charge in [-0.25, -0.2) is 0 Å². The molecule has 13 heteroatoms. The van der Waals surface area contributed by atoms with Gasteiger partial charge in [-0.05, 0) is 0 Å². The second-order valence-corrected chi connectivity index (χ2v) is 3.80. The zero-order valence-corrected chi connectivity index (χ0v) is 13.7. The molecule has 0 amide bonds. The van der Waals surface area contributed by atoms with Gasteiger partial charge >= 0.3 is 25.8 Å². The van der Waals surface area contributed by atoms with Gasteiger partial charge in [-0.3, -0.25) is 0 Å². The fourth-order valence-electron chi connectivity index (χ4n) is 0. The van der Waals surface area contributed by atoms with Crippen LogP contribution in [0.25, 0.3) is 0 Å². The molecular weight excluding hydrogens is 570 g/mol. The van der Waals surface area contributed by atoms with Crippen LogP contribution in [0.4, 0.5) is 0 Å². The first-order chi connectivity index (χ1) is 5.20. The maximum absolute atomic E-state index is 8.57. The predicted octanol–water partition coefficient (Wildman–Crippen LogP) is -19.7. The molecule has 13 heavy (non-hydrogen) atoms. The summed E-state index contributed by atoms with van der Waals surface area (Å²) in [5.41, 5.74) is 0. The van der Waals surface area contributed by atoms with Gasteiger partial charge in [0.25, 0.3) is 63.2 Å². The van der Waals surface area contributed by atoms with Crippen molar-refractivity contribution in [3.05, 3.63) is 0 Å². The molecule has 0 atom stereocenters. The maximum atomic E-state index is 8.57. The molecule has 9 nitrogen and oxygen atoms in total. The van der Waals surface area contributed by atoms with Crippen molar-refractivity contribution < 1.29 is 120 Å². The van der Waals surface area contributed by atoms with E-state index in [2.05, 4.69) is 0 Å². The van der Waals surface area contributed by atoms with Crippen LogP contribution < -0.4 is 94.1 Å². The summed E-state index contributed by atoms with van der Waals surface area (Å²) < 4.78 is 77.2. The SMILES string of the molecule is [O-][I+2]([O-])[O-].[O-][I+2]([O-])[O-].[O-][I+2]([O-])[O-].[Sc+3]. The van der Waals surface area contributed by atoms with E-state index >= 15 is 0 Å². The van der Waals surface area contributed by atoms with Gasteiger partial charge in [-0.15, -0.1) is 0 Å². The van der Waals surface area contributed by atoms with Crippen molar-refractivity contribution >= 4 is 0 Å². The van der Waals surface area contributed by atoms with Gasteiger partial charge in [-0.1, -0.05) is 0 Å². The smallest absolute Gasteiger partial charge is 0.427 e. The monoisotopic (exact) mass is 570 g/mol. The van der Waals surface area contributed by atoms with Crippen LogP contribution >= 0.6 is 0 Å². The van der Waals surface area contributed by atoms with Gasteiger partial charge in [0.05, 0.1) is 0 Å². The van der Waals surface area contributed by atoms with Crippen molar-refractivity contribution in [1.29, 1.82) is 0 Å². The van der Waals surface area contributed by atoms with Gasteiger partial charge in [0.1, 0.15) is 0 Å². The molecule has 0 bridgehead atoms. The third kappa shape index (κ3) is 325. The second kappa shape index (κ2) is 20.2. The Hall–Kier alpha value is 2.70. The second-order valence-electron chi connectivity index (χ2n) is 0.567. The minimum absolute atomic E-state index is 0. The summed E-state index contributed by atoms with van der Waals surface area (Å²) >= 11 is -12.0. The third-order valence-corrected chi connectivity index (χ3v) is 0. The summed E-state index contributed by atoms with van der Waals surface area (Å²) in [6.07, 6.45) is 0. The minimum atomic E-state index is -4.01. The Labute approximate surface area is 118 Å². The first-order valence-corrected chi connectivity index (χ1v) is 9.32. The normalized spacial score (nSPS) is 8.31. The molecule has 0 fully saturated rings. The topological polar surface area (TPSA) is 208 Å². The van der Waals surface area contributed by atoms with Gasteiger partial charge in [0.15, 0.2) is 0 Å². The molecule has 0 aromatic carbocycles. The van der Waals surface area contributed by atoms with Crippen LogP contribution in [0.1, 0.15) is 0 Å². The predicted molar refractivity (Wildman–Crippen MR) is 0 cm³/mol.